The van der Waals surface area contributed by atoms with Gasteiger partial charge in [-0.1, -0.05) is 40.9 Å². The van der Waals surface area contributed by atoms with Gasteiger partial charge in [0.05, 0.1) is 22.3 Å². The van der Waals surface area contributed by atoms with E-state index in [4.69, 9.17) is 34.8 Å². The third-order valence-electron chi connectivity index (χ3n) is 3.79. The van der Waals surface area contributed by atoms with Crippen LogP contribution in [0.4, 0.5) is 19.0 Å². The lowest BCUT2D eigenvalue weighted by Gasteiger charge is -2.10. The van der Waals surface area contributed by atoms with Crippen molar-refractivity contribution in [2.45, 2.75) is 26.2 Å². The molecule has 0 fully saturated rings. The van der Waals surface area contributed by atoms with Crippen LogP contribution in [-0.4, -0.2) is 25.5 Å². The maximum absolute atomic E-state index is 13.0. The molecular formula is C17H13Cl3F3N5O. The minimum absolute atomic E-state index is 0.0224. The predicted molar refractivity (Wildman–Crippen MR) is 103 cm³/mol. The van der Waals surface area contributed by atoms with E-state index >= 15 is 0 Å². The highest BCUT2D eigenvalue weighted by molar-refractivity contribution is 6.42. The molecule has 1 N–H and O–H groups in total. The average molecular weight is 467 g/mol. The quantitative estimate of drug-likeness (QED) is 0.572. The molecule has 0 unspecified atom stereocenters. The molecule has 3 rings (SSSR count). The van der Waals surface area contributed by atoms with Crippen molar-refractivity contribution in [3.8, 4) is 0 Å². The van der Waals surface area contributed by atoms with E-state index < -0.39 is 24.3 Å². The molecule has 0 radical (unpaired) electrons. The van der Waals surface area contributed by atoms with Crippen LogP contribution < -0.4 is 5.32 Å². The van der Waals surface area contributed by atoms with E-state index in [0.29, 0.717) is 21.3 Å². The van der Waals surface area contributed by atoms with Crippen LogP contribution in [0.15, 0.2) is 30.5 Å². The van der Waals surface area contributed by atoms with Gasteiger partial charge in [-0.15, -0.1) is 0 Å². The number of alkyl halides is 3. The highest BCUT2D eigenvalue weighted by atomic mass is 35.5. The molecule has 0 saturated carbocycles. The number of rotatable bonds is 5. The second-order valence-electron chi connectivity index (χ2n) is 6.15. The van der Waals surface area contributed by atoms with Gasteiger partial charge in [0.15, 0.2) is 5.82 Å². The maximum atomic E-state index is 13.0. The van der Waals surface area contributed by atoms with Crippen LogP contribution in [0, 0.1) is 6.92 Å². The summed E-state index contributed by atoms with van der Waals surface area (Å²) in [6.07, 6.45) is -3.15. The summed E-state index contributed by atoms with van der Waals surface area (Å²) in [5, 5.41) is 11.2. The van der Waals surface area contributed by atoms with Crippen molar-refractivity contribution < 1.29 is 18.0 Å². The smallest absolute Gasteiger partial charge is 0.306 e. The van der Waals surface area contributed by atoms with Gasteiger partial charge in [-0.2, -0.15) is 23.4 Å². The van der Waals surface area contributed by atoms with Crippen LogP contribution in [0.3, 0.4) is 0 Å². The van der Waals surface area contributed by atoms with Crippen LogP contribution >= 0.6 is 34.8 Å². The number of hydrogen-bond acceptors (Lipinski definition) is 3. The minimum atomic E-state index is -4.62. The molecule has 1 aromatic carbocycles. The Kier molecular flexibility index (Phi) is 6.11. The predicted octanol–water partition coefficient (Wildman–Crippen LogP) is 5.05. The number of anilines is 1. The molecule has 2 heterocycles. The summed E-state index contributed by atoms with van der Waals surface area (Å²) in [7, 11) is 0. The Hall–Kier alpha value is -2.23. The topological polar surface area (TPSA) is 64.7 Å². The first-order valence-electron chi connectivity index (χ1n) is 8.11. The number of hydrogen-bond donors (Lipinski definition) is 1. The summed E-state index contributed by atoms with van der Waals surface area (Å²) in [5.41, 5.74) is -0.0752. The Morgan fingerprint density at radius 1 is 1.10 bits per heavy atom. The summed E-state index contributed by atoms with van der Waals surface area (Å²) in [4.78, 5) is 12.2. The summed E-state index contributed by atoms with van der Waals surface area (Å²) in [5.74, 6) is -0.727. The number of benzene rings is 1. The molecule has 0 spiro atoms. The molecule has 29 heavy (non-hydrogen) atoms. The standard InChI is InChI=1S/C17H13Cl3F3N5O/c1-9-4-14(17(21,22)23)28(25-9)8-15(29)24-16-13(20)7-27(26-16)6-10-2-3-11(18)12(19)5-10/h2-5,7H,6,8H2,1H3,(H,24,26,29). The molecule has 0 atom stereocenters. The Labute approximate surface area is 178 Å². The van der Waals surface area contributed by atoms with Crippen molar-refractivity contribution in [2.75, 3.05) is 5.32 Å². The molecule has 0 aliphatic carbocycles. The molecule has 0 aliphatic rings. The van der Waals surface area contributed by atoms with Gasteiger partial charge in [0.25, 0.3) is 0 Å². The summed E-state index contributed by atoms with van der Waals surface area (Å²) in [6.45, 7) is 1.06. The summed E-state index contributed by atoms with van der Waals surface area (Å²) < 4.78 is 41.1. The molecule has 1 amide bonds. The molecule has 0 saturated heterocycles. The van der Waals surface area contributed by atoms with Crippen molar-refractivity contribution in [1.29, 1.82) is 0 Å². The SMILES string of the molecule is Cc1cc(C(F)(F)F)n(CC(=O)Nc2nn(Cc3ccc(Cl)c(Cl)c3)cc2Cl)n1. The Balaban J connectivity index is 1.71. The molecular weight excluding hydrogens is 454 g/mol. The van der Waals surface area contributed by atoms with E-state index in [1.54, 1.807) is 18.2 Å². The normalized spacial score (nSPS) is 11.7. The molecule has 0 bridgehead atoms. The van der Waals surface area contributed by atoms with E-state index in [1.165, 1.54) is 17.8 Å². The second kappa shape index (κ2) is 8.25. The lowest BCUT2D eigenvalue weighted by molar-refractivity contribution is -0.144. The third-order valence-corrected chi connectivity index (χ3v) is 4.81. The van der Waals surface area contributed by atoms with Crippen molar-refractivity contribution in [1.82, 2.24) is 19.6 Å². The highest BCUT2D eigenvalue weighted by Crippen LogP contribution is 2.30. The zero-order chi connectivity index (χ0) is 21.3. The number of carbonyl (C=O) groups excluding carboxylic acids is 1. The fraction of sp³-hybridized carbons (Fsp3) is 0.235. The minimum Gasteiger partial charge on any atom is -0.306 e. The number of nitrogens with one attached hydrogen (secondary N) is 1. The fourth-order valence-electron chi connectivity index (χ4n) is 2.59. The average Bonchev–Trinajstić information content (AvgIpc) is 3.13. The highest BCUT2D eigenvalue weighted by Gasteiger charge is 2.35. The van der Waals surface area contributed by atoms with Gasteiger partial charge in [-0.05, 0) is 30.7 Å². The zero-order valence-corrected chi connectivity index (χ0v) is 17.0. The largest absolute Gasteiger partial charge is 0.433 e. The number of halogens is 6. The van der Waals surface area contributed by atoms with E-state index in [9.17, 15) is 18.0 Å². The van der Waals surface area contributed by atoms with Gasteiger partial charge in [0.2, 0.25) is 5.91 Å². The van der Waals surface area contributed by atoms with E-state index in [-0.39, 0.29) is 16.5 Å². The Morgan fingerprint density at radius 3 is 2.48 bits per heavy atom. The van der Waals surface area contributed by atoms with Crippen molar-refractivity contribution in [3.05, 3.63) is 62.5 Å². The van der Waals surface area contributed by atoms with Gasteiger partial charge in [0.1, 0.15) is 17.3 Å². The molecule has 3 aromatic rings. The maximum Gasteiger partial charge on any atom is 0.433 e. The Morgan fingerprint density at radius 2 is 1.83 bits per heavy atom. The molecule has 6 nitrogen and oxygen atoms in total. The first kappa shape index (κ1) is 21.5. The summed E-state index contributed by atoms with van der Waals surface area (Å²) >= 11 is 17.9. The molecule has 0 aliphatic heterocycles. The van der Waals surface area contributed by atoms with Crippen LogP contribution in [-0.2, 0) is 24.1 Å². The van der Waals surface area contributed by atoms with Crippen molar-refractivity contribution in [2.24, 2.45) is 0 Å². The van der Waals surface area contributed by atoms with Gasteiger partial charge < -0.3 is 5.32 Å². The van der Waals surface area contributed by atoms with Crippen LogP contribution in [0.2, 0.25) is 15.1 Å². The number of aryl methyl sites for hydroxylation is 1. The van der Waals surface area contributed by atoms with Crippen molar-refractivity contribution in [3.63, 3.8) is 0 Å². The Bertz CT molecular complexity index is 1060. The monoisotopic (exact) mass is 465 g/mol. The van der Waals surface area contributed by atoms with Gasteiger partial charge in [-0.25, -0.2) is 0 Å². The van der Waals surface area contributed by atoms with Crippen LogP contribution in [0.25, 0.3) is 0 Å². The first-order valence-corrected chi connectivity index (χ1v) is 9.24. The number of amides is 1. The van der Waals surface area contributed by atoms with E-state index in [2.05, 4.69) is 15.5 Å². The van der Waals surface area contributed by atoms with Gasteiger partial charge in [-0.3, -0.25) is 14.2 Å². The first-order chi connectivity index (χ1) is 13.5. The van der Waals surface area contributed by atoms with Gasteiger partial charge >= 0.3 is 6.18 Å². The lowest BCUT2D eigenvalue weighted by atomic mass is 10.2. The number of carbonyl (C=O) groups is 1. The number of aromatic nitrogens is 4. The van der Waals surface area contributed by atoms with E-state index in [0.717, 1.165) is 11.6 Å². The molecule has 12 heteroatoms. The molecule has 154 valence electrons. The number of nitrogens with zero attached hydrogens (tertiary/aromatic N) is 4. The third kappa shape index (κ3) is 5.23. The molecule has 2 aromatic heterocycles. The summed E-state index contributed by atoms with van der Waals surface area (Å²) in [6, 6.07) is 5.92. The van der Waals surface area contributed by atoms with Crippen LogP contribution in [0.5, 0.6) is 0 Å². The zero-order valence-electron chi connectivity index (χ0n) is 14.8. The van der Waals surface area contributed by atoms with E-state index in [1.807, 2.05) is 0 Å². The second-order valence-corrected chi connectivity index (χ2v) is 7.37. The fourth-order valence-corrected chi connectivity index (χ4v) is 3.11. The van der Waals surface area contributed by atoms with Crippen molar-refractivity contribution >= 4 is 46.5 Å². The van der Waals surface area contributed by atoms with Gasteiger partial charge in [0, 0.05) is 6.20 Å². The lowest BCUT2D eigenvalue weighted by Crippen LogP contribution is -2.24. The van der Waals surface area contributed by atoms with Crippen LogP contribution in [0.1, 0.15) is 17.0 Å².